The van der Waals surface area contributed by atoms with Gasteiger partial charge in [-0.15, -0.1) is 0 Å². The SMILES string of the molecule is CCC(C)(NC(=O)NCc1ccccn1)C(=O)O. The van der Waals surface area contributed by atoms with Crippen molar-refractivity contribution in [2.45, 2.75) is 32.4 Å². The molecule has 0 aliphatic rings. The van der Waals surface area contributed by atoms with E-state index in [-0.39, 0.29) is 6.54 Å². The van der Waals surface area contributed by atoms with E-state index in [0.29, 0.717) is 12.1 Å². The summed E-state index contributed by atoms with van der Waals surface area (Å²) in [5.74, 6) is -1.06. The first-order valence-corrected chi connectivity index (χ1v) is 5.67. The van der Waals surface area contributed by atoms with Crippen LogP contribution in [0.1, 0.15) is 26.0 Å². The molecule has 0 saturated heterocycles. The molecule has 1 rings (SSSR count). The van der Waals surface area contributed by atoms with Crippen molar-refractivity contribution in [1.29, 1.82) is 0 Å². The van der Waals surface area contributed by atoms with Crippen molar-refractivity contribution < 1.29 is 14.7 Å². The Kier molecular flexibility index (Phi) is 4.65. The summed E-state index contributed by atoms with van der Waals surface area (Å²) >= 11 is 0. The highest BCUT2D eigenvalue weighted by atomic mass is 16.4. The molecule has 0 aliphatic heterocycles. The first-order valence-electron chi connectivity index (χ1n) is 5.67. The molecule has 6 heteroatoms. The van der Waals surface area contributed by atoms with Gasteiger partial charge in [0.1, 0.15) is 5.54 Å². The van der Waals surface area contributed by atoms with Crippen molar-refractivity contribution in [3.8, 4) is 0 Å². The molecule has 0 aromatic carbocycles. The van der Waals surface area contributed by atoms with E-state index in [1.807, 2.05) is 6.07 Å². The Balaban J connectivity index is 2.49. The van der Waals surface area contributed by atoms with Gasteiger partial charge >= 0.3 is 12.0 Å². The molecule has 1 unspecified atom stereocenters. The van der Waals surface area contributed by atoms with E-state index >= 15 is 0 Å². The number of nitrogens with zero attached hydrogens (tertiary/aromatic N) is 1. The number of nitrogens with one attached hydrogen (secondary N) is 2. The number of pyridine rings is 1. The third-order valence-electron chi connectivity index (χ3n) is 2.72. The Morgan fingerprint density at radius 1 is 1.44 bits per heavy atom. The fraction of sp³-hybridized carbons (Fsp3) is 0.417. The van der Waals surface area contributed by atoms with E-state index in [4.69, 9.17) is 5.11 Å². The van der Waals surface area contributed by atoms with Gasteiger partial charge < -0.3 is 15.7 Å². The minimum Gasteiger partial charge on any atom is -0.480 e. The summed E-state index contributed by atoms with van der Waals surface area (Å²) in [6, 6.07) is 4.85. The number of carboxylic acid groups (broad SMARTS) is 1. The lowest BCUT2D eigenvalue weighted by Gasteiger charge is -2.24. The predicted molar refractivity (Wildman–Crippen MR) is 65.9 cm³/mol. The maximum atomic E-state index is 11.6. The second kappa shape index (κ2) is 6.00. The Morgan fingerprint density at radius 3 is 2.67 bits per heavy atom. The van der Waals surface area contributed by atoms with Crippen molar-refractivity contribution in [2.24, 2.45) is 0 Å². The Labute approximate surface area is 105 Å². The summed E-state index contributed by atoms with van der Waals surface area (Å²) in [5.41, 5.74) is -0.546. The van der Waals surface area contributed by atoms with E-state index in [1.54, 1.807) is 25.3 Å². The lowest BCUT2D eigenvalue weighted by Crippen LogP contribution is -2.54. The standard InChI is InChI=1S/C12H17N3O3/c1-3-12(2,10(16)17)15-11(18)14-8-9-6-4-5-7-13-9/h4-7H,3,8H2,1-2H3,(H,16,17)(H2,14,15,18). The third-order valence-corrected chi connectivity index (χ3v) is 2.72. The summed E-state index contributed by atoms with van der Waals surface area (Å²) in [5, 5.41) is 14.0. The summed E-state index contributed by atoms with van der Waals surface area (Å²) in [4.78, 5) is 26.6. The van der Waals surface area contributed by atoms with Crippen LogP contribution in [0.3, 0.4) is 0 Å². The molecule has 2 amide bonds. The first-order chi connectivity index (χ1) is 8.48. The van der Waals surface area contributed by atoms with Crippen molar-refractivity contribution in [1.82, 2.24) is 15.6 Å². The van der Waals surface area contributed by atoms with Gasteiger partial charge in [0.25, 0.3) is 0 Å². The molecule has 0 radical (unpaired) electrons. The van der Waals surface area contributed by atoms with Gasteiger partial charge in [0.2, 0.25) is 0 Å². The number of hydrogen-bond acceptors (Lipinski definition) is 3. The molecule has 1 aromatic rings. The van der Waals surface area contributed by atoms with Gasteiger partial charge in [-0.05, 0) is 25.5 Å². The van der Waals surface area contributed by atoms with E-state index < -0.39 is 17.5 Å². The van der Waals surface area contributed by atoms with E-state index in [0.717, 1.165) is 0 Å². The molecule has 3 N–H and O–H groups in total. The average molecular weight is 251 g/mol. The summed E-state index contributed by atoms with van der Waals surface area (Å²) in [7, 11) is 0. The van der Waals surface area contributed by atoms with Crippen molar-refractivity contribution in [3.05, 3.63) is 30.1 Å². The second-order valence-electron chi connectivity index (χ2n) is 4.12. The zero-order valence-corrected chi connectivity index (χ0v) is 10.4. The number of carboxylic acids is 1. The molecule has 0 bridgehead atoms. The summed E-state index contributed by atoms with van der Waals surface area (Å²) in [6.45, 7) is 3.43. The third kappa shape index (κ3) is 3.73. The molecule has 0 fully saturated rings. The summed E-state index contributed by atoms with van der Waals surface area (Å²) in [6.07, 6.45) is 1.93. The van der Waals surface area contributed by atoms with Gasteiger partial charge in [-0.25, -0.2) is 9.59 Å². The van der Waals surface area contributed by atoms with Crippen LogP contribution in [0.2, 0.25) is 0 Å². The van der Waals surface area contributed by atoms with Crippen molar-refractivity contribution >= 4 is 12.0 Å². The monoisotopic (exact) mass is 251 g/mol. The van der Waals surface area contributed by atoms with Crippen LogP contribution in [0, 0.1) is 0 Å². The largest absolute Gasteiger partial charge is 0.480 e. The highest BCUT2D eigenvalue weighted by molar-refractivity contribution is 5.85. The van der Waals surface area contributed by atoms with Gasteiger partial charge in [0, 0.05) is 6.20 Å². The van der Waals surface area contributed by atoms with Crippen LogP contribution in [0.4, 0.5) is 4.79 Å². The van der Waals surface area contributed by atoms with Gasteiger partial charge in [0.15, 0.2) is 0 Å². The van der Waals surface area contributed by atoms with Crippen LogP contribution < -0.4 is 10.6 Å². The first kappa shape index (κ1) is 14.0. The number of hydrogen-bond donors (Lipinski definition) is 3. The van der Waals surface area contributed by atoms with Gasteiger partial charge in [-0.3, -0.25) is 4.98 Å². The molecule has 98 valence electrons. The number of carbonyl (C=O) groups excluding carboxylic acids is 1. The van der Waals surface area contributed by atoms with E-state index in [1.165, 1.54) is 6.92 Å². The second-order valence-corrected chi connectivity index (χ2v) is 4.12. The topological polar surface area (TPSA) is 91.3 Å². The highest BCUT2D eigenvalue weighted by Crippen LogP contribution is 2.08. The van der Waals surface area contributed by atoms with Crippen LogP contribution in [-0.2, 0) is 11.3 Å². The van der Waals surface area contributed by atoms with Crippen molar-refractivity contribution in [2.75, 3.05) is 0 Å². The number of urea groups is 1. The molecular weight excluding hydrogens is 234 g/mol. The number of carbonyl (C=O) groups is 2. The molecular formula is C12H17N3O3. The number of rotatable bonds is 5. The fourth-order valence-corrected chi connectivity index (χ4v) is 1.26. The molecule has 18 heavy (non-hydrogen) atoms. The molecule has 0 saturated carbocycles. The number of aliphatic carboxylic acids is 1. The van der Waals surface area contributed by atoms with E-state index in [2.05, 4.69) is 15.6 Å². The number of aromatic nitrogens is 1. The molecule has 6 nitrogen and oxygen atoms in total. The molecule has 1 atom stereocenters. The molecule has 1 heterocycles. The maximum Gasteiger partial charge on any atom is 0.329 e. The van der Waals surface area contributed by atoms with Crippen LogP contribution >= 0.6 is 0 Å². The normalized spacial score (nSPS) is 13.4. The maximum absolute atomic E-state index is 11.6. The lowest BCUT2D eigenvalue weighted by molar-refractivity contribution is -0.143. The molecule has 0 spiro atoms. The quantitative estimate of drug-likeness (QED) is 0.731. The minimum absolute atomic E-state index is 0.256. The molecule has 1 aromatic heterocycles. The van der Waals surface area contributed by atoms with Crippen LogP contribution in [0.15, 0.2) is 24.4 Å². The van der Waals surface area contributed by atoms with Crippen LogP contribution in [0.5, 0.6) is 0 Å². The lowest BCUT2D eigenvalue weighted by atomic mass is 10.00. The fourth-order valence-electron chi connectivity index (χ4n) is 1.26. The zero-order chi connectivity index (χ0) is 13.6. The van der Waals surface area contributed by atoms with Gasteiger partial charge in [0.05, 0.1) is 12.2 Å². The summed E-state index contributed by atoms with van der Waals surface area (Å²) < 4.78 is 0. The predicted octanol–water partition coefficient (Wildman–Crippen LogP) is 1.13. The van der Waals surface area contributed by atoms with Crippen LogP contribution in [-0.4, -0.2) is 27.6 Å². The Bertz CT molecular complexity index is 422. The Morgan fingerprint density at radius 2 is 2.17 bits per heavy atom. The smallest absolute Gasteiger partial charge is 0.329 e. The van der Waals surface area contributed by atoms with Crippen LogP contribution in [0.25, 0.3) is 0 Å². The average Bonchev–Trinajstić information content (AvgIpc) is 2.37. The van der Waals surface area contributed by atoms with Gasteiger partial charge in [-0.1, -0.05) is 13.0 Å². The highest BCUT2D eigenvalue weighted by Gasteiger charge is 2.32. The van der Waals surface area contributed by atoms with Crippen molar-refractivity contribution in [3.63, 3.8) is 0 Å². The molecule has 0 aliphatic carbocycles. The zero-order valence-electron chi connectivity index (χ0n) is 10.4. The van der Waals surface area contributed by atoms with E-state index in [9.17, 15) is 9.59 Å². The minimum atomic E-state index is -1.26. The van der Waals surface area contributed by atoms with Gasteiger partial charge in [-0.2, -0.15) is 0 Å². The number of amides is 2. The Hall–Kier alpha value is -2.11.